The summed E-state index contributed by atoms with van der Waals surface area (Å²) in [7, 11) is 0. The zero-order valence-corrected chi connectivity index (χ0v) is 31.3. The van der Waals surface area contributed by atoms with Crippen molar-refractivity contribution in [2.24, 2.45) is 5.73 Å². The van der Waals surface area contributed by atoms with E-state index < -0.39 is 0 Å². The standard InChI is InChI=1S/C23H27N7O.C17H24N6/c1-2-3-10-18-29-20-21(19-17(28-22(20)24)9-7-13-26-19)30(18)14-5-4-12-27-23(31)16-8-6-11-25-15-16;1-2-3-8-13-22-15-16(23(13)11-5-4-9-18)14-12(21-17(15)19)7-6-10-20-14/h6-9,11,13,15H,2-5,10,12,14H2,1H3,(H2,24,28)(H,27,31);6-7,10H,2-5,8-9,11,18H2,1H3,(H2,19,21). The summed E-state index contributed by atoms with van der Waals surface area (Å²) in [5.41, 5.74) is 25.4. The molecule has 0 aliphatic heterocycles. The highest BCUT2D eigenvalue weighted by Crippen LogP contribution is 2.30. The number of amides is 1. The molecule has 0 radical (unpaired) electrons. The molecule has 0 spiro atoms. The lowest BCUT2D eigenvalue weighted by molar-refractivity contribution is 0.0952. The molecule has 7 heterocycles. The molecule has 0 aliphatic carbocycles. The minimum Gasteiger partial charge on any atom is -0.382 e. The van der Waals surface area contributed by atoms with Gasteiger partial charge in [-0.15, -0.1) is 0 Å². The van der Waals surface area contributed by atoms with Crippen molar-refractivity contribution < 1.29 is 4.79 Å². The molecule has 54 heavy (non-hydrogen) atoms. The van der Waals surface area contributed by atoms with Crippen LogP contribution in [0.15, 0.2) is 61.2 Å². The Kier molecular flexibility index (Phi) is 12.9. The van der Waals surface area contributed by atoms with Crippen LogP contribution in [0.1, 0.15) is 87.2 Å². The van der Waals surface area contributed by atoms with E-state index in [1.165, 1.54) is 0 Å². The Labute approximate surface area is 315 Å². The van der Waals surface area contributed by atoms with Crippen molar-refractivity contribution in [2.75, 3.05) is 24.6 Å². The van der Waals surface area contributed by atoms with Crippen LogP contribution in [-0.2, 0) is 25.9 Å². The highest BCUT2D eigenvalue weighted by atomic mass is 16.1. The van der Waals surface area contributed by atoms with Crippen molar-refractivity contribution in [1.29, 1.82) is 0 Å². The smallest absolute Gasteiger partial charge is 0.252 e. The highest BCUT2D eigenvalue weighted by molar-refractivity contribution is 6.05. The van der Waals surface area contributed by atoms with Crippen LogP contribution in [0.25, 0.3) is 44.1 Å². The van der Waals surface area contributed by atoms with Gasteiger partial charge in [0.2, 0.25) is 0 Å². The predicted molar refractivity (Wildman–Crippen MR) is 216 cm³/mol. The molecule has 7 aromatic rings. The maximum Gasteiger partial charge on any atom is 0.252 e. The van der Waals surface area contributed by atoms with Crippen molar-refractivity contribution in [3.05, 3.63) is 78.4 Å². The Balaban J connectivity index is 0.000000193. The van der Waals surface area contributed by atoms with Crippen LogP contribution in [0.4, 0.5) is 11.6 Å². The van der Waals surface area contributed by atoms with Crippen LogP contribution in [0.2, 0.25) is 0 Å². The van der Waals surface area contributed by atoms with Gasteiger partial charge in [0.15, 0.2) is 11.6 Å². The molecule has 14 heteroatoms. The minimum absolute atomic E-state index is 0.0983. The Morgan fingerprint density at radius 1 is 0.667 bits per heavy atom. The monoisotopic (exact) mass is 729 g/mol. The molecule has 7 rings (SSSR count). The van der Waals surface area contributed by atoms with E-state index in [2.05, 4.69) is 53.2 Å². The summed E-state index contributed by atoms with van der Waals surface area (Å²) in [6.45, 7) is 7.35. The lowest BCUT2D eigenvalue weighted by atomic mass is 10.2. The molecule has 0 atom stereocenters. The molecular formula is C40H51N13O. The summed E-state index contributed by atoms with van der Waals surface area (Å²) in [4.78, 5) is 43.8. The van der Waals surface area contributed by atoms with Gasteiger partial charge in [-0.25, -0.2) is 19.9 Å². The minimum atomic E-state index is -0.0983. The summed E-state index contributed by atoms with van der Waals surface area (Å²) >= 11 is 0. The number of fused-ring (bicyclic) bond motifs is 6. The Hall–Kier alpha value is -5.76. The normalized spacial score (nSPS) is 11.4. The van der Waals surface area contributed by atoms with Gasteiger partial charge in [-0.05, 0) is 81.5 Å². The number of nitrogen functional groups attached to an aromatic ring is 2. The van der Waals surface area contributed by atoms with E-state index >= 15 is 0 Å². The molecule has 0 bridgehead atoms. The van der Waals surface area contributed by atoms with Crippen molar-refractivity contribution in [2.45, 2.75) is 91.1 Å². The summed E-state index contributed by atoms with van der Waals surface area (Å²) in [5.74, 6) is 2.92. The van der Waals surface area contributed by atoms with E-state index in [9.17, 15) is 4.79 Å². The third kappa shape index (κ3) is 8.54. The van der Waals surface area contributed by atoms with Gasteiger partial charge in [0.25, 0.3) is 5.91 Å². The average molecular weight is 730 g/mol. The second-order valence-corrected chi connectivity index (χ2v) is 13.4. The van der Waals surface area contributed by atoms with E-state index in [0.29, 0.717) is 30.3 Å². The summed E-state index contributed by atoms with van der Waals surface area (Å²) in [5, 5.41) is 2.96. The fourth-order valence-corrected chi connectivity index (χ4v) is 6.68. The second-order valence-electron chi connectivity index (χ2n) is 13.4. The molecule has 0 saturated carbocycles. The first-order valence-electron chi connectivity index (χ1n) is 19.1. The summed E-state index contributed by atoms with van der Waals surface area (Å²) < 4.78 is 4.51. The molecule has 0 aromatic carbocycles. The third-order valence-electron chi connectivity index (χ3n) is 9.44. The first-order valence-corrected chi connectivity index (χ1v) is 19.1. The van der Waals surface area contributed by atoms with Crippen LogP contribution < -0.4 is 22.5 Å². The number of hydrogen-bond acceptors (Lipinski definition) is 11. The van der Waals surface area contributed by atoms with Gasteiger partial charge in [0.05, 0.1) is 16.6 Å². The van der Waals surface area contributed by atoms with Gasteiger partial charge in [-0.3, -0.25) is 19.7 Å². The number of imidazole rings is 2. The number of nitrogens with one attached hydrogen (secondary N) is 1. The van der Waals surface area contributed by atoms with Gasteiger partial charge in [-0.2, -0.15) is 0 Å². The second kappa shape index (κ2) is 18.3. The van der Waals surface area contributed by atoms with Gasteiger partial charge in [0, 0.05) is 57.3 Å². The molecule has 14 nitrogen and oxygen atoms in total. The molecule has 7 N–H and O–H groups in total. The fraction of sp³-hybridized carbons (Fsp3) is 0.400. The molecule has 282 valence electrons. The first-order chi connectivity index (χ1) is 26.4. The number of rotatable bonds is 16. The largest absolute Gasteiger partial charge is 0.382 e. The van der Waals surface area contributed by atoms with Gasteiger partial charge < -0.3 is 31.7 Å². The lowest BCUT2D eigenvalue weighted by Gasteiger charge is -2.11. The van der Waals surface area contributed by atoms with E-state index in [-0.39, 0.29) is 5.91 Å². The number of carbonyl (C=O) groups excluding carboxylic acids is 1. The van der Waals surface area contributed by atoms with Crippen molar-refractivity contribution >= 4 is 61.7 Å². The van der Waals surface area contributed by atoms with Crippen molar-refractivity contribution in [3.8, 4) is 0 Å². The number of carbonyl (C=O) groups is 1. The number of aromatic nitrogens is 9. The fourth-order valence-electron chi connectivity index (χ4n) is 6.68. The van der Waals surface area contributed by atoms with Crippen LogP contribution >= 0.6 is 0 Å². The van der Waals surface area contributed by atoms with Crippen LogP contribution in [-0.4, -0.2) is 63.0 Å². The van der Waals surface area contributed by atoms with E-state index in [0.717, 1.165) is 133 Å². The number of aryl methyl sites for hydroxylation is 4. The average Bonchev–Trinajstić information content (AvgIpc) is 3.76. The molecule has 0 aliphatic rings. The predicted octanol–water partition coefficient (Wildman–Crippen LogP) is 6.15. The highest BCUT2D eigenvalue weighted by Gasteiger charge is 2.19. The number of unbranched alkanes of at least 4 members (excludes halogenated alkanes) is 4. The number of nitrogens with two attached hydrogens (primary N) is 3. The van der Waals surface area contributed by atoms with Gasteiger partial charge in [-0.1, -0.05) is 26.7 Å². The van der Waals surface area contributed by atoms with Gasteiger partial charge in [0.1, 0.15) is 44.7 Å². The zero-order valence-electron chi connectivity index (χ0n) is 31.3. The lowest BCUT2D eigenvalue weighted by Crippen LogP contribution is -2.24. The zero-order chi connectivity index (χ0) is 37.9. The van der Waals surface area contributed by atoms with Crippen molar-refractivity contribution in [3.63, 3.8) is 0 Å². The Bertz CT molecular complexity index is 2320. The maximum absolute atomic E-state index is 12.2. The van der Waals surface area contributed by atoms with Crippen LogP contribution in [0, 0.1) is 0 Å². The quantitative estimate of drug-likeness (QED) is 0.0829. The van der Waals surface area contributed by atoms with Crippen LogP contribution in [0.5, 0.6) is 0 Å². The van der Waals surface area contributed by atoms with Crippen molar-refractivity contribution in [1.82, 2.24) is 49.3 Å². The third-order valence-corrected chi connectivity index (χ3v) is 9.44. The first kappa shape index (κ1) is 38.0. The van der Waals surface area contributed by atoms with E-state index in [1.54, 1.807) is 36.9 Å². The van der Waals surface area contributed by atoms with Gasteiger partial charge >= 0.3 is 0 Å². The SMILES string of the molecule is CCCCc1nc2c(N)nc3cccnc3c2n1CCCCN.CCCCc1nc2c(N)nc3cccnc3c2n1CCCCNC(=O)c1cccnc1. The topological polar surface area (TPSA) is 207 Å². The maximum atomic E-state index is 12.2. The molecule has 0 unspecified atom stereocenters. The summed E-state index contributed by atoms with van der Waals surface area (Å²) in [6, 6.07) is 11.1. The number of nitrogens with zero attached hydrogens (tertiary/aromatic N) is 9. The summed E-state index contributed by atoms with van der Waals surface area (Å²) in [6.07, 6.45) is 16.8. The molecule has 1 amide bonds. The van der Waals surface area contributed by atoms with E-state index in [4.69, 9.17) is 27.2 Å². The van der Waals surface area contributed by atoms with Crippen LogP contribution in [0.3, 0.4) is 0 Å². The van der Waals surface area contributed by atoms with E-state index in [1.807, 2.05) is 24.3 Å². The Morgan fingerprint density at radius 2 is 1.20 bits per heavy atom. The molecular weight excluding hydrogens is 679 g/mol. The number of hydrogen-bond donors (Lipinski definition) is 4. The molecule has 0 saturated heterocycles. The molecule has 7 aromatic heterocycles. The number of pyridine rings is 5. The Morgan fingerprint density at radius 3 is 1.70 bits per heavy atom. The molecule has 0 fully saturated rings. The number of anilines is 2.